The number of hydrogen-bond donors (Lipinski definition) is 1. The largest absolute Gasteiger partial charge is 0.306 e. The summed E-state index contributed by atoms with van der Waals surface area (Å²) in [6.07, 6.45) is 0. The SMILES string of the molecule is C[C@@H](NCc1ccc(F)c(Cl)c1)c1ccc(Br)cc1. The van der Waals surface area contributed by atoms with Gasteiger partial charge in [0.25, 0.3) is 0 Å². The number of nitrogens with one attached hydrogen (secondary N) is 1. The van der Waals surface area contributed by atoms with Crippen molar-refractivity contribution in [2.24, 2.45) is 0 Å². The third-order valence-electron chi connectivity index (χ3n) is 2.97. The van der Waals surface area contributed by atoms with Crippen molar-refractivity contribution in [1.29, 1.82) is 0 Å². The molecule has 4 heteroatoms. The molecule has 0 amide bonds. The zero-order valence-corrected chi connectivity index (χ0v) is 12.8. The number of benzene rings is 2. The van der Waals surface area contributed by atoms with Gasteiger partial charge in [-0.15, -0.1) is 0 Å². The average molecular weight is 343 g/mol. The molecule has 0 saturated heterocycles. The van der Waals surface area contributed by atoms with Crippen molar-refractivity contribution in [3.05, 3.63) is 68.9 Å². The van der Waals surface area contributed by atoms with E-state index in [2.05, 4.69) is 40.3 Å². The summed E-state index contributed by atoms with van der Waals surface area (Å²) in [4.78, 5) is 0. The summed E-state index contributed by atoms with van der Waals surface area (Å²) in [5, 5.41) is 3.55. The molecule has 0 fully saturated rings. The quantitative estimate of drug-likeness (QED) is 0.816. The van der Waals surface area contributed by atoms with Crippen LogP contribution in [0.25, 0.3) is 0 Å². The molecule has 0 spiro atoms. The zero-order chi connectivity index (χ0) is 13.8. The van der Waals surface area contributed by atoms with Gasteiger partial charge in [0, 0.05) is 17.1 Å². The van der Waals surface area contributed by atoms with Crippen LogP contribution in [-0.4, -0.2) is 0 Å². The predicted octanol–water partition coefficient (Wildman–Crippen LogP) is 5.09. The van der Waals surface area contributed by atoms with Crippen LogP contribution in [0.15, 0.2) is 46.9 Å². The lowest BCUT2D eigenvalue weighted by atomic mass is 10.1. The van der Waals surface area contributed by atoms with Crippen LogP contribution in [0.3, 0.4) is 0 Å². The molecule has 1 N–H and O–H groups in total. The molecule has 1 nitrogen and oxygen atoms in total. The van der Waals surface area contributed by atoms with Crippen LogP contribution in [0.1, 0.15) is 24.1 Å². The van der Waals surface area contributed by atoms with Gasteiger partial charge < -0.3 is 5.32 Å². The maximum atomic E-state index is 13.0. The molecule has 0 saturated carbocycles. The summed E-state index contributed by atoms with van der Waals surface area (Å²) in [6, 6.07) is 13.2. The number of rotatable bonds is 4. The monoisotopic (exact) mass is 341 g/mol. The molecule has 0 radical (unpaired) electrons. The standard InChI is InChI=1S/C15H14BrClFN/c1-10(12-3-5-13(16)6-4-12)19-9-11-2-7-15(18)14(17)8-11/h2-8,10,19H,9H2,1H3/t10-/m1/s1. The third-order valence-corrected chi connectivity index (χ3v) is 3.78. The van der Waals surface area contributed by atoms with Gasteiger partial charge >= 0.3 is 0 Å². The lowest BCUT2D eigenvalue weighted by Crippen LogP contribution is -2.18. The Morgan fingerprint density at radius 1 is 1.21 bits per heavy atom. The molecule has 0 unspecified atom stereocenters. The lowest BCUT2D eigenvalue weighted by molar-refractivity contribution is 0.573. The van der Waals surface area contributed by atoms with Gasteiger partial charge in [0.2, 0.25) is 0 Å². The Bertz CT molecular complexity index is 557. The second kappa shape index (κ2) is 6.51. The number of halogens is 3. The molecule has 1 atom stereocenters. The first kappa shape index (κ1) is 14.5. The second-order valence-electron chi connectivity index (χ2n) is 4.40. The van der Waals surface area contributed by atoms with E-state index in [1.807, 2.05) is 12.1 Å². The Kier molecular flexibility index (Phi) is 4.97. The van der Waals surface area contributed by atoms with E-state index in [0.717, 1.165) is 10.0 Å². The molecular formula is C15H14BrClFN. The summed E-state index contributed by atoms with van der Waals surface area (Å²) in [6.45, 7) is 2.74. The summed E-state index contributed by atoms with van der Waals surface area (Å²) >= 11 is 9.17. The summed E-state index contributed by atoms with van der Waals surface area (Å²) < 4.78 is 14.1. The van der Waals surface area contributed by atoms with Crippen molar-refractivity contribution in [2.45, 2.75) is 19.5 Å². The van der Waals surface area contributed by atoms with E-state index in [4.69, 9.17) is 11.6 Å². The van der Waals surface area contributed by atoms with E-state index in [1.54, 1.807) is 12.1 Å². The molecular weight excluding hydrogens is 329 g/mol. The molecule has 0 heterocycles. The van der Waals surface area contributed by atoms with E-state index in [-0.39, 0.29) is 16.9 Å². The van der Waals surface area contributed by atoms with Crippen molar-refractivity contribution < 1.29 is 4.39 Å². The normalized spacial score (nSPS) is 12.4. The van der Waals surface area contributed by atoms with Crippen LogP contribution < -0.4 is 5.32 Å². The molecule has 100 valence electrons. The van der Waals surface area contributed by atoms with Gasteiger partial charge in [-0.1, -0.05) is 45.7 Å². The first-order valence-corrected chi connectivity index (χ1v) is 7.16. The Balaban J connectivity index is 1.98. The maximum Gasteiger partial charge on any atom is 0.141 e. The molecule has 0 aliphatic heterocycles. The molecule has 2 rings (SSSR count). The van der Waals surface area contributed by atoms with Gasteiger partial charge in [-0.3, -0.25) is 0 Å². The van der Waals surface area contributed by atoms with Crippen LogP contribution in [0.2, 0.25) is 5.02 Å². The minimum atomic E-state index is -0.383. The van der Waals surface area contributed by atoms with Crippen LogP contribution in [0.4, 0.5) is 4.39 Å². The first-order chi connectivity index (χ1) is 9.06. The fraction of sp³-hybridized carbons (Fsp3) is 0.200. The van der Waals surface area contributed by atoms with E-state index in [9.17, 15) is 4.39 Å². The van der Waals surface area contributed by atoms with Gasteiger partial charge in [0.15, 0.2) is 0 Å². The highest BCUT2D eigenvalue weighted by Gasteiger charge is 2.06. The number of hydrogen-bond acceptors (Lipinski definition) is 1. The highest BCUT2D eigenvalue weighted by Crippen LogP contribution is 2.19. The van der Waals surface area contributed by atoms with Crippen molar-refractivity contribution in [3.63, 3.8) is 0 Å². The minimum Gasteiger partial charge on any atom is -0.306 e. The molecule has 0 bridgehead atoms. The minimum absolute atomic E-state index is 0.163. The summed E-state index contributed by atoms with van der Waals surface area (Å²) in [5.74, 6) is -0.383. The fourth-order valence-electron chi connectivity index (χ4n) is 1.79. The van der Waals surface area contributed by atoms with E-state index >= 15 is 0 Å². The van der Waals surface area contributed by atoms with Gasteiger partial charge in [0.1, 0.15) is 5.82 Å². The maximum absolute atomic E-state index is 13.0. The predicted molar refractivity (Wildman–Crippen MR) is 80.8 cm³/mol. The van der Waals surface area contributed by atoms with Crippen molar-refractivity contribution in [3.8, 4) is 0 Å². The first-order valence-electron chi connectivity index (χ1n) is 5.99. The van der Waals surface area contributed by atoms with Crippen molar-refractivity contribution >= 4 is 27.5 Å². The smallest absolute Gasteiger partial charge is 0.141 e. The average Bonchev–Trinajstić information content (AvgIpc) is 2.40. The highest BCUT2D eigenvalue weighted by molar-refractivity contribution is 9.10. The van der Waals surface area contributed by atoms with Crippen molar-refractivity contribution in [2.75, 3.05) is 0 Å². The van der Waals surface area contributed by atoms with Crippen LogP contribution in [0, 0.1) is 5.82 Å². The Morgan fingerprint density at radius 2 is 1.89 bits per heavy atom. The van der Waals surface area contributed by atoms with Crippen LogP contribution >= 0.6 is 27.5 Å². The van der Waals surface area contributed by atoms with E-state index in [1.165, 1.54) is 11.6 Å². The summed E-state index contributed by atoms with van der Waals surface area (Å²) in [7, 11) is 0. The Hall–Kier alpha value is -0.900. The third kappa shape index (κ3) is 4.03. The van der Waals surface area contributed by atoms with Gasteiger partial charge in [-0.25, -0.2) is 4.39 Å². The molecule has 2 aromatic rings. The topological polar surface area (TPSA) is 12.0 Å². The van der Waals surface area contributed by atoms with Gasteiger partial charge in [-0.05, 0) is 42.3 Å². The highest BCUT2D eigenvalue weighted by atomic mass is 79.9. The molecule has 0 aromatic heterocycles. The molecule has 0 aliphatic rings. The molecule has 19 heavy (non-hydrogen) atoms. The Labute approximate surface area is 125 Å². The van der Waals surface area contributed by atoms with E-state index < -0.39 is 0 Å². The van der Waals surface area contributed by atoms with Gasteiger partial charge in [-0.2, -0.15) is 0 Å². The lowest BCUT2D eigenvalue weighted by Gasteiger charge is -2.14. The molecule has 2 aromatic carbocycles. The summed E-state index contributed by atoms with van der Waals surface area (Å²) in [5.41, 5.74) is 2.17. The van der Waals surface area contributed by atoms with Gasteiger partial charge in [0.05, 0.1) is 5.02 Å². The van der Waals surface area contributed by atoms with Crippen LogP contribution in [-0.2, 0) is 6.54 Å². The molecule has 0 aliphatic carbocycles. The second-order valence-corrected chi connectivity index (χ2v) is 5.73. The van der Waals surface area contributed by atoms with E-state index in [0.29, 0.717) is 6.54 Å². The van der Waals surface area contributed by atoms with Crippen molar-refractivity contribution in [1.82, 2.24) is 5.32 Å². The fourth-order valence-corrected chi connectivity index (χ4v) is 2.26. The zero-order valence-electron chi connectivity index (χ0n) is 10.5. The Morgan fingerprint density at radius 3 is 2.53 bits per heavy atom. The van der Waals surface area contributed by atoms with Crippen LogP contribution in [0.5, 0.6) is 0 Å².